The molecule has 17 heavy (non-hydrogen) atoms. The Bertz CT molecular complexity index is 489. The minimum atomic E-state index is -0.354. The molecule has 5 nitrogen and oxygen atoms in total. The number of anilines is 1. The van der Waals surface area contributed by atoms with Gasteiger partial charge in [0, 0.05) is 5.02 Å². The number of hydrogen-bond acceptors (Lipinski definition) is 3. The molecule has 1 aromatic carbocycles. The number of carbonyl (C=O) groups is 1. The van der Waals surface area contributed by atoms with Crippen LogP contribution < -0.4 is 11.1 Å². The maximum absolute atomic E-state index is 11.8. The molecule has 0 saturated carbocycles. The van der Waals surface area contributed by atoms with Crippen LogP contribution in [0.2, 0.25) is 10.0 Å². The van der Waals surface area contributed by atoms with Gasteiger partial charge in [0.2, 0.25) is 0 Å². The van der Waals surface area contributed by atoms with Gasteiger partial charge in [0.05, 0.1) is 23.8 Å². The van der Waals surface area contributed by atoms with Gasteiger partial charge in [0.25, 0.3) is 0 Å². The van der Waals surface area contributed by atoms with E-state index in [0.29, 0.717) is 28.8 Å². The van der Waals surface area contributed by atoms with Crippen molar-refractivity contribution in [1.82, 2.24) is 4.90 Å². The van der Waals surface area contributed by atoms with E-state index in [4.69, 9.17) is 28.9 Å². The number of carbonyl (C=O) groups excluding carboxylic acids is 1. The third-order valence-electron chi connectivity index (χ3n) is 2.29. The molecule has 2 rings (SSSR count). The van der Waals surface area contributed by atoms with Crippen molar-refractivity contribution in [2.75, 3.05) is 18.4 Å². The van der Waals surface area contributed by atoms with Crippen LogP contribution in [0.1, 0.15) is 0 Å². The van der Waals surface area contributed by atoms with E-state index in [2.05, 4.69) is 10.3 Å². The van der Waals surface area contributed by atoms with Crippen molar-refractivity contribution in [3.05, 3.63) is 28.2 Å². The van der Waals surface area contributed by atoms with E-state index in [0.717, 1.165) is 0 Å². The number of nitrogens with two attached hydrogens (primary N) is 1. The lowest BCUT2D eigenvalue weighted by molar-refractivity contribution is 0.236. The van der Waals surface area contributed by atoms with E-state index in [1.54, 1.807) is 18.2 Å². The zero-order valence-corrected chi connectivity index (χ0v) is 10.3. The first-order valence-corrected chi connectivity index (χ1v) is 5.67. The first-order valence-electron chi connectivity index (χ1n) is 4.91. The Balaban J connectivity index is 2.11. The van der Waals surface area contributed by atoms with Crippen LogP contribution in [0, 0.1) is 0 Å². The lowest BCUT2D eigenvalue weighted by Crippen LogP contribution is -2.41. The summed E-state index contributed by atoms with van der Waals surface area (Å²) in [6, 6.07) is 4.48. The highest BCUT2D eigenvalue weighted by Gasteiger charge is 2.21. The Kier molecular flexibility index (Phi) is 3.40. The highest BCUT2D eigenvalue weighted by atomic mass is 35.5. The lowest BCUT2D eigenvalue weighted by atomic mass is 10.3. The smallest absolute Gasteiger partial charge is 0.328 e. The van der Waals surface area contributed by atoms with Gasteiger partial charge in [-0.05, 0) is 18.2 Å². The Labute approximate surface area is 108 Å². The molecule has 0 bridgehead atoms. The van der Waals surface area contributed by atoms with Crippen molar-refractivity contribution in [3.63, 3.8) is 0 Å². The van der Waals surface area contributed by atoms with Crippen LogP contribution in [0.25, 0.3) is 0 Å². The van der Waals surface area contributed by atoms with Gasteiger partial charge >= 0.3 is 6.03 Å². The van der Waals surface area contributed by atoms with Gasteiger partial charge in [-0.15, -0.1) is 0 Å². The topological polar surface area (TPSA) is 70.7 Å². The van der Waals surface area contributed by atoms with Gasteiger partial charge in [0.1, 0.15) is 0 Å². The fourth-order valence-electron chi connectivity index (χ4n) is 1.44. The van der Waals surface area contributed by atoms with Gasteiger partial charge in [-0.1, -0.05) is 23.2 Å². The molecule has 2 amide bonds. The first-order chi connectivity index (χ1) is 8.08. The Morgan fingerprint density at radius 3 is 2.82 bits per heavy atom. The number of nitrogens with one attached hydrogen (secondary N) is 1. The van der Waals surface area contributed by atoms with Gasteiger partial charge in [0.15, 0.2) is 5.96 Å². The second-order valence-electron chi connectivity index (χ2n) is 3.45. The molecule has 90 valence electrons. The fourth-order valence-corrected chi connectivity index (χ4v) is 1.90. The maximum atomic E-state index is 11.8. The van der Waals surface area contributed by atoms with E-state index >= 15 is 0 Å². The van der Waals surface area contributed by atoms with E-state index in [9.17, 15) is 4.79 Å². The second kappa shape index (κ2) is 4.81. The van der Waals surface area contributed by atoms with Gasteiger partial charge in [-0.2, -0.15) is 0 Å². The maximum Gasteiger partial charge on any atom is 0.328 e. The summed E-state index contributed by atoms with van der Waals surface area (Å²) in [7, 11) is 0. The zero-order chi connectivity index (χ0) is 12.4. The number of rotatable bonds is 1. The van der Waals surface area contributed by atoms with E-state index < -0.39 is 0 Å². The standard InChI is InChI=1S/C10H10Cl2N4O/c11-6-1-2-8(7(12)5-6)15-10(17)16-4-3-14-9(16)13/h1-2,5H,3-4H2,(H2,13,14)(H,15,17). The van der Waals surface area contributed by atoms with Crippen molar-refractivity contribution >= 4 is 40.9 Å². The average Bonchev–Trinajstić information content (AvgIpc) is 2.68. The highest BCUT2D eigenvalue weighted by molar-refractivity contribution is 6.36. The number of hydrogen-bond donors (Lipinski definition) is 2. The minimum Gasteiger partial charge on any atom is -0.369 e. The summed E-state index contributed by atoms with van der Waals surface area (Å²) in [5.74, 6) is 0.215. The molecule has 1 aliphatic heterocycles. The summed E-state index contributed by atoms with van der Waals surface area (Å²) in [4.78, 5) is 17.1. The molecule has 7 heteroatoms. The normalized spacial score (nSPS) is 14.7. The van der Waals surface area contributed by atoms with Gasteiger partial charge < -0.3 is 11.1 Å². The van der Waals surface area contributed by atoms with E-state index in [-0.39, 0.29) is 12.0 Å². The molecular formula is C10H10Cl2N4O. The minimum absolute atomic E-state index is 0.215. The van der Waals surface area contributed by atoms with Crippen LogP contribution in [0.5, 0.6) is 0 Å². The van der Waals surface area contributed by atoms with Crippen molar-refractivity contribution < 1.29 is 4.79 Å². The third kappa shape index (κ3) is 2.62. The summed E-state index contributed by atoms with van der Waals surface area (Å²) in [5.41, 5.74) is 6.04. The van der Waals surface area contributed by atoms with Crippen molar-refractivity contribution in [3.8, 4) is 0 Å². The number of benzene rings is 1. The Morgan fingerprint density at radius 1 is 1.47 bits per heavy atom. The second-order valence-corrected chi connectivity index (χ2v) is 4.29. The molecule has 1 heterocycles. The predicted octanol–water partition coefficient (Wildman–Crippen LogP) is 2.16. The molecule has 3 N–H and O–H groups in total. The highest BCUT2D eigenvalue weighted by Crippen LogP contribution is 2.25. The molecule has 0 fully saturated rings. The summed E-state index contributed by atoms with van der Waals surface area (Å²) >= 11 is 11.7. The Hall–Kier alpha value is -1.46. The van der Waals surface area contributed by atoms with Crippen molar-refractivity contribution in [2.24, 2.45) is 10.7 Å². The molecule has 0 aliphatic carbocycles. The summed E-state index contributed by atoms with van der Waals surface area (Å²) in [6.07, 6.45) is 0. The predicted molar refractivity (Wildman–Crippen MR) is 68.7 cm³/mol. The van der Waals surface area contributed by atoms with Crippen LogP contribution >= 0.6 is 23.2 Å². The summed E-state index contributed by atoms with van der Waals surface area (Å²) < 4.78 is 0. The van der Waals surface area contributed by atoms with Crippen LogP contribution in [-0.4, -0.2) is 30.0 Å². The number of nitrogens with zero attached hydrogens (tertiary/aromatic N) is 2. The largest absolute Gasteiger partial charge is 0.369 e. The van der Waals surface area contributed by atoms with Crippen LogP contribution in [0.3, 0.4) is 0 Å². The quantitative estimate of drug-likeness (QED) is 0.823. The molecule has 0 aromatic heterocycles. The molecule has 0 radical (unpaired) electrons. The molecule has 1 aromatic rings. The molecule has 0 spiro atoms. The molecule has 0 atom stereocenters. The number of halogens is 2. The summed E-state index contributed by atoms with van der Waals surface area (Å²) in [6.45, 7) is 0.997. The lowest BCUT2D eigenvalue weighted by Gasteiger charge is -2.16. The number of guanidine groups is 1. The number of aliphatic imine (C=N–C) groups is 1. The molecule has 0 saturated heterocycles. The molecule has 0 unspecified atom stereocenters. The number of urea groups is 1. The van der Waals surface area contributed by atoms with Crippen molar-refractivity contribution in [1.29, 1.82) is 0 Å². The monoisotopic (exact) mass is 272 g/mol. The third-order valence-corrected chi connectivity index (χ3v) is 2.84. The Morgan fingerprint density at radius 2 is 2.24 bits per heavy atom. The SMILES string of the molecule is NC1=NCCN1C(=O)Nc1ccc(Cl)cc1Cl. The molecule has 1 aliphatic rings. The molecular weight excluding hydrogens is 263 g/mol. The first kappa shape index (κ1) is 12.0. The zero-order valence-electron chi connectivity index (χ0n) is 8.78. The fraction of sp³-hybridized carbons (Fsp3) is 0.200. The van der Waals surface area contributed by atoms with Crippen LogP contribution in [-0.2, 0) is 0 Å². The van der Waals surface area contributed by atoms with Gasteiger partial charge in [-0.3, -0.25) is 9.89 Å². The average molecular weight is 273 g/mol. The van der Waals surface area contributed by atoms with E-state index in [1.807, 2.05) is 0 Å². The number of amides is 2. The van der Waals surface area contributed by atoms with Gasteiger partial charge in [-0.25, -0.2) is 4.79 Å². The van der Waals surface area contributed by atoms with Crippen LogP contribution in [0.15, 0.2) is 23.2 Å². The van der Waals surface area contributed by atoms with Crippen LogP contribution in [0.4, 0.5) is 10.5 Å². The summed E-state index contributed by atoms with van der Waals surface area (Å²) in [5, 5.41) is 3.53. The van der Waals surface area contributed by atoms with Crippen molar-refractivity contribution in [2.45, 2.75) is 0 Å². The van der Waals surface area contributed by atoms with E-state index in [1.165, 1.54) is 4.90 Å².